The Morgan fingerprint density at radius 3 is 2.93 bits per heavy atom. The Hall–Kier alpha value is -2.52. The molecule has 0 radical (unpaired) electrons. The number of ether oxygens (including phenoxy) is 1. The van der Waals surface area contributed by atoms with Crippen LogP contribution in [0, 0.1) is 0 Å². The third kappa shape index (κ3) is 4.46. The van der Waals surface area contributed by atoms with Gasteiger partial charge < -0.3 is 15.0 Å². The molecule has 30 heavy (non-hydrogen) atoms. The predicted molar refractivity (Wildman–Crippen MR) is 117 cm³/mol. The molecule has 1 aliphatic rings. The number of nitrogens with zero attached hydrogens (tertiary/aromatic N) is 1. The van der Waals surface area contributed by atoms with Crippen molar-refractivity contribution in [2.24, 2.45) is 0 Å². The average Bonchev–Trinajstić information content (AvgIpc) is 3.39. The normalized spacial score (nSPS) is 14.3. The first-order valence-electron chi connectivity index (χ1n) is 9.98. The summed E-state index contributed by atoms with van der Waals surface area (Å²) in [5.41, 5.74) is 1.04. The fourth-order valence-electron chi connectivity index (χ4n) is 3.79. The van der Waals surface area contributed by atoms with E-state index >= 15 is 0 Å². The predicted octanol–water partition coefficient (Wildman–Crippen LogP) is 3.28. The highest BCUT2D eigenvalue weighted by Gasteiger charge is 2.21. The molecule has 0 aromatic carbocycles. The van der Waals surface area contributed by atoms with Crippen LogP contribution in [0.15, 0.2) is 22.3 Å². The zero-order chi connectivity index (χ0) is 21.1. The van der Waals surface area contributed by atoms with E-state index in [1.165, 1.54) is 23.3 Å². The van der Waals surface area contributed by atoms with E-state index in [0.717, 1.165) is 46.3 Å². The first-order valence-corrected chi connectivity index (χ1v) is 11.7. The number of methoxy groups -OCH3 is 1. The minimum Gasteiger partial charge on any atom is -0.469 e. The van der Waals surface area contributed by atoms with E-state index in [1.807, 2.05) is 17.5 Å². The number of carbonyl (C=O) groups excluding carboxylic acids is 2. The Morgan fingerprint density at radius 1 is 1.33 bits per heavy atom. The fraction of sp³-hybridized carbons (Fsp3) is 0.429. The molecule has 9 heteroatoms. The molecular weight excluding hydrogens is 422 g/mol. The lowest BCUT2D eigenvalue weighted by Gasteiger charge is -2.16. The maximum absolute atomic E-state index is 12.6. The number of aromatic nitrogens is 2. The smallest absolute Gasteiger partial charge is 0.307 e. The number of thiophene rings is 2. The van der Waals surface area contributed by atoms with Gasteiger partial charge in [0.2, 0.25) is 5.91 Å². The van der Waals surface area contributed by atoms with E-state index in [9.17, 15) is 14.4 Å². The second-order valence-electron chi connectivity index (χ2n) is 7.32. The van der Waals surface area contributed by atoms with Crippen LogP contribution in [-0.2, 0) is 33.6 Å². The van der Waals surface area contributed by atoms with Crippen molar-refractivity contribution in [3.8, 4) is 0 Å². The maximum atomic E-state index is 12.6. The third-order valence-electron chi connectivity index (χ3n) is 5.28. The largest absolute Gasteiger partial charge is 0.469 e. The van der Waals surface area contributed by atoms with Crippen molar-refractivity contribution in [2.75, 3.05) is 7.11 Å². The average molecular weight is 446 g/mol. The van der Waals surface area contributed by atoms with Gasteiger partial charge in [-0.25, -0.2) is 4.98 Å². The Kier molecular flexibility index (Phi) is 6.29. The van der Waals surface area contributed by atoms with Gasteiger partial charge >= 0.3 is 5.97 Å². The molecule has 158 valence electrons. The SMILES string of the molecule is COC(=O)CC(NC(=O)CCc1nc2sc3c(c2c(=O)[nH]1)CCCC3)c1cccs1. The van der Waals surface area contributed by atoms with Crippen molar-refractivity contribution >= 4 is 44.8 Å². The number of rotatable bonds is 7. The van der Waals surface area contributed by atoms with Crippen LogP contribution in [0.2, 0.25) is 0 Å². The summed E-state index contributed by atoms with van der Waals surface area (Å²) in [6.45, 7) is 0. The molecule has 1 aliphatic carbocycles. The van der Waals surface area contributed by atoms with Gasteiger partial charge in [-0.15, -0.1) is 22.7 Å². The van der Waals surface area contributed by atoms with Gasteiger partial charge in [0.1, 0.15) is 10.7 Å². The Labute approximate surface area is 181 Å². The van der Waals surface area contributed by atoms with E-state index in [-0.39, 0.29) is 30.3 Å². The lowest BCUT2D eigenvalue weighted by Crippen LogP contribution is -2.30. The monoisotopic (exact) mass is 445 g/mol. The van der Waals surface area contributed by atoms with Gasteiger partial charge in [0.15, 0.2) is 0 Å². The van der Waals surface area contributed by atoms with Crippen LogP contribution in [0.4, 0.5) is 0 Å². The number of H-pyrrole nitrogens is 1. The van der Waals surface area contributed by atoms with Crippen LogP contribution in [0.3, 0.4) is 0 Å². The van der Waals surface area contributed by atoms with Crippen LogP contribution in [-0.4, -0.2) is 29.0 Å². The summed E-state index contributed by atoms with van der Waals surface area (Å²) in [4.78, 5) is 47.3. The van der Waals surface area contributed by atoms with E-state index in [2.05, 4.69) is 15.3 Å². The number of hydrogen-bond donors (Lipinski definition) is 2. The number of nitrogens with one attached hydrogen (secondary N) is 2. The third-order valence-corrected chi connectivity index (χ3v) is 7.45. The van der Waals surface area contributed by atoms with Crippen LogP contribution >= 0.6 is 22.7 Å². The molecule has 7 nitrogen and oxygen atoms in total. The van der Waals surface area contributed by atoms with Crippen molar-refractivity contribution in [3.05, 3.63) is 49.0 Å². The number of aryl methyl sites for hydroxylation is 3. The Morgan fingerprint density at radius 2 is 2.17 bits per heavy atom. The molecule has 4 rings (SSSR count). The summed E-state index contributed by atoms with van der Waals surface area (Å²) in [7, 11) is 1.33. The summed E-state index contributed by atoms with van der Waals surface area (Å²) in [5, 5.41) is 5.52. The first kappa shape index (κ1) is 20.7. The molecule has 3 heterocycles. The number of esters is 1. The second-order valence-corrected chi connectivity index (χ2v) is 9.38. The summed E-state index contributed by atoms with van der Waals surface area (Å²) in [6, 6.07) is 3.33. The summed E-state index contributed by atoms with van der Waals surface area (Å²) < 4.78 is 4.74. The van der Waals surface area contributed by atoms with E-state index in [4.69, 9.17) is 4.74 Å². The van der Waals surface area contributed by atoms with Gasteiger partial charge in [0.05, 0.1) is 25.0 Å². The zero-order valence-electron chi connectivity index (χ0n) is 16.7. The molecule has 1 amide bonds. The van der Waals surface area contributed by atoms with E-state index in [0.29, 0.717) is 12.2 Å². The van der Waals surface area contributed by atoms with Crippen LogP contribution in [0.25, 0.3) is 10.2 Å². The molecule has 0 fully saturated rings. The molecular formula is C21H23N3O4S2. The second kappa shape index (κ2) is 9.09. The number of hydrogen-bond acceptors (Lipinski definition) is 7. The van der Waals surface area contributed by atoms with E-state index in [1.54, 1.807) is 11.3 Å². The molecule has 0 spiro atoms. The molecule has 1 unspecified atom stereocenters. The number of aromatic amines is 1. The van der Waals surface area contributed by atoms with E-state index < -0.39 is 6.04 Å². The molecule has 3 aromatic rings. The molecule has 0 saturated carbocycles. The Balaban J connectivity index is 1.44. The summed E-state index contributed by atoms with van der Waals surface area (Å²) in [5.74, 6) is -0.0702. The van der Waals surface area contributed by atoms with Crippen molar-refractivity contribution in [2.45, 2.75) is 51.0 Å². The van der Waals surface area contributed by atoms with Crippen molar-refractivity contribution in [1.29, 1.82) is 0 Å². The van der Waals surface area contributed by atoms with Gasteiger partial charge in [-0.2, -0.15) is 0 Å². The van der Waals surface area contributed by atoms with Gasteiger partial charge in [0.25, 0.3) is 5.56 Å². The molecule has 1 atom stereocenters. The first-order chi connectivity index (χ1) is 14.5. The highest BCUT2D eigenvalue weighted by molar-refractivity contribution is 7.18. The molecule has 0 aliphatic heterocycles. The number of fused-ring (bicyclic) bond motifs is 3. The molecule has 3 aromatic heterocycles. The van der Waals surface area contributed by atoms with Crippen molar-refractivity contribution in [3.63, 3.8) is 0 Å². The van der Waals surface area contributed by atoms with Gasteiger partial charge in [-0.05, 0) is 42.7 Å². The number of amides is 1. The van der Waals surface area contributed by atoms with Crippen LogP contribution in [0.1, 0.15) is 52.9 Å². The fourth-order valence-corrected chi connectivity index (χ4v) is 5.85. The standard InChI is InChI=1S/C21H23N3O4S2/c1-28-18(26)11-13(15-7-4-10-29-15)22-17(25)9-8-16-23-20(27)19-12-5-2-3-6-14(12)30-21(19)24-16/h4,7,10,13H,2-3,5-6,8-9,11H2,1H3,(H,22,25)(H,23,24,27). The maximum Gasteiger partial charge on any atom is 0.307 e. The summed E-state index contributed by atoms with van der Waals surface area (Å²) in [6.07, 6.45) is 4.78. The highest BCUT2D eigenvalue weighted by Crippen LogP contribution is 2.33. The highest BCUT2D eigenvalue weighted by atomic mass is 32.1. The lowest BCUT2D eigenvalue weighted by molar-refractivity contribution is -0.141. The Bertz CT molecular complexity index is 1120. The van der Waals surface area contributed by atoms with Gasteiger partial charge in [0, 0.05) is 22.6 Å². The van der Waals surface area contributed by atoms with Crippen molar-refractivity contribution in [1.82, 2.24) is 15.3 Å². The topological polar surface area (TPSA) is 101 Å². The molecule has 0 bridgehead atoms. The zero-order valence-corrected chi connectivity index (χ0v) is 18.3. The minimum atomic E-state index is -0.427. The minimum absolute atomic E-state index is 0.0740. The summed E-state index contributed by atoms with van der Waals surface area (Å²) >= 11 is 3.07. The molecule has 0 saturated heterocycles. The van der Waals surface area contributed by atoms with Gasteiger partial charge in [-0.3, -0.25) is 14.4 Å². The molecule has 2 N–H and O–H groups in total. The van der Waals surface area contributed by atoms with Crippen molar-refractivity contribution < 1.29 is 14.3 Å². The number of carbonyl (C=O) groups is 2. The lowest BCUT2D eigenvalue weighted by atomic mass is 9.97. The van der Waals surface area contributed by atoms with Crippen LogP contribution < -0.4 is 10.9 Å². The van der Waals surface area contributed by atoms with Gasteiger partial charge in [-0.1, -0.05) is 6.07 Å². The van der Waals surface area contributed by atoms with Crippen LogP contribution in [0.5, 0.6) is 0 Å². The quantitative estimate of drug-likeness (QED) is 0.544.